The van der Waals surface area contributed by atoms with Gasteiger partial charge >= 0.3 is 0 Å². The molecule has 0 aliphatic heterocycles. The van der Waals surface area contributed by atoms with E-state index in [1.165, 1.54) is 31.0 Å². The van der Waals surface area contributed by atoms with E-state index in [2.05, 4.69) is 10.2 Å². The molecule has 5 heteroatoms. The zero-order valence-corrected chi connectivity index (χ0v) is 11.3. The number of hydrogen-bond acceptors (Lipinski definition) is 4. The van der Waals surface area contributed by atoms with Crippen molar-refractivity contribution in [3.05, 3.63) is 5.82 Å². The quantitative estimate of drug-likeness (QED) is 0.773. The monoisotopic (exact) mass is 253 g/mol. The second-order valence-electron chi connectivity index (χ2n) is 4.68. The fraction of sp³-hybridized carbons (Fsp3) is 0.750. The second-order valence-corrected chi connectivity index (χ2v) is 5.62. The van der Waals surface area contributed by atoms with Crippen molar-refractivity contribution >= 4 is 17.5 Å². The van der Waals surface area contributed by atoms with Gasteiger partial charge in [-0.2, -0.15) is 0 Å². The van der Waals surface area contributed by atoms with Gasteiger partial charge in [0.25, 0.3) is 0 Å². The molecule has 0 N–H and O–H groups in total. The maximum atomic E-state index is 12.0. The third kappa shape index (κ3) is 3.09. The van der Waals surface area contributed by atoms with Crippen LogP contribution in [-0.2, 0) is 11.8 Å². The van der Waals surface area contributed by atoms with Gasteiger partial charge < -0.3 is 4.57 Å². The molecule has 0 radical (unpaired) electrons. The van der Waals surface area contributed by atoms with E-state index in [4.69, 9.17) is 0 Å². The van der Waals surface area contributed by atoms with Crippen molar-refractivity contribution in [3.63, 3.8) is 0 Å². The van der Waals surface area contributed by atoms with Crippen LogP contribution in [0.5, 0.6) is 0 Å². The first-order chi connectivity index (χ1) is 8.18. The molecule has 1 fully saturated rings. The third-order valence-electron chi connectivity index (χ3n) is 3.46. The van der Waals surface area contributed by atoms with Gasteiger partial charge in [0.1, 0.15) is 11.6 Å². The van der Waals surface area contributed by atoms with Crippen molar-refractivity contribution in [2.24, 2.45) is 13.0 Å². The Bertz CT molecular complexity index is 396. The largest absolute Gasteiger partial charge is 0.309 e. The van der Waals surface area contributed by atoms with Crippen molar-refractivity contribution in [3.8, 4) is 0 Å². The smallest absolute Gasteiger partial charge is 0.191 e. The maximum absolute atomic E-state index is 12.0. The summed E-state index contributed by atoms with van der Waals surface area (Å²) >= 11 is 1.51. The van der Waals surface area contributed by atoms with E-state index in [0.29, 0.717) is 17.5 Å². The first kappa shape index (κ1) is 12.6. The van der Waals surface area contributed by atoms with E-state index < -0.39 is 0 Å². The highest BCUT2D eigenvalue weighted by Gasteiger charge is 2.21. The molecule has 0 aromatic carbocycles. The van der Waals surface area contributed by atoms with Gasteiger partial charge in [0.2, 0.25) is 0 Å². The van der Waals surface area contributed by atoms with Crippen LogP contribution < -0.4 is 0 Å². The minimum absolute atomic E-state index is 0.297. The first-order valence-electron chi connectivity index (χ1n) is 6.20. The number of carbonyl (C=O) groups excluding carboxylic acids is 1. The van der Waals surface area contributed by atoms with Crippen LogP contribution in [0.25, 0.3) is 0 Å². The minimum atomic E-state index is 0.297. The van der Waals surface area contributed by atoms with Crippen LogP contribution in [0.4, 0.5) is 0 Å². The van der Waals surface area contributed by atoms with E-state index in [-0.39, 0.29) is 0 Å². The van der Waals surface area contributed by atoms with Gasteiger partial charge in [-0.05, 0) is 19.8 Å². The summed E-state index contributed by atoms with van der Waals surface area (Å²) in [4.78, 5) is 12.0. The molecule has 94 valence electrons. The highest BCUT2D eigenvalue weighted by molar-refractivity contribution is 7.99. The van der Waals surface area contributed by atoms with Crippen LogP contribution >= 0.6 is 11.8 Å². The first-order valence-corrected chi connectivity index (χ1v) is 7.18. The SMILES string of the molecule is Cc1nnc(SCC(=O)C2CCCCC2)n1C. The number of rotatable bonds is 4. The van der Waals surface area contributed by atoms with Crippen molar-refractivity contribution in [2.45, 2.75) is 44.2 Å². The van der Waals surface area contributed by atoms with Gasteiger partial charge in [-0.25, -0.2) is 0 Å². The number of hydrogen-bond donors (Lipinski definition) is 0. The summed E-state index contributed by atoms with van der Waals surface area (Å²) in [7, 11) is 1.93. The number of Topliss-reactive ketones (excluding diaryl/α,β-unsaturated/α-hetero) is 1. The molecule has 1 aliphatic rings. The molecular formula is C12H19N3OS. The van der Waals surface area contributed by atoms with E-state index in [0.717, 1.165) is 23.8 Å². The van der Waals surface area contributed by atoms with Gasteiger partial charge in [-0.15, -0.1) is 10.2 Å². The third-order valence-corrected chi connectivity index (χ3v) is 4.50. The van der Waals surface area contributed by atoms with Crippen molar-refractivity contribution in [2.75, 3.05) is 5.75 Å². The lowest BCUT2D eigenvalue weighted by Gasteiger charge is -2.19. The molecule has 0 amide bonds. The molecule has 2 rings (SSSR count). The van der Waals surface area contributed by atoms with Crippen LogP contribution in [0.15, 0.2) is 5.16 Å². The zero-order valence-electron chi connectivity index (χ0n) is 10.5. The van der Waals surface area contributed by atoms with Crippen LogP contribution in [-0.4, -0.2) is 26.3 Å². The van der Waals surface area contributed by atoms with Crippen LogP contribution in [0, 0.1) is 12.8 Å². The Morgan fingerprint density at radius 3 is 2.65 bits per heavy atom. The molecule has 0 spiro atoms. The molecule has 1 aliphatic carbocycles. The summed E-state index contributed by atoms with van der Waals surface area (Å²) in [6, 6.07) is 0. The molecular weight excluding hydrogens is 234 g/mol. The molecule has 1 aromatic heterocycles. The van der Waals surface area contributed by atoms with Crippen molar-refractivity contribution < 1.29 is 4.79 Å². The normalized spacial score (nSPS) is 17.3. The van der Waals surface area contributed by atoms with Crippen molar-refractivity contribution in [1.82, 2.24) is 14.8 Å². The molecule has 1 saturated carbocycles. The predicted octanol–water partition coefficient (Wildman–Crippen LogP) is 2.37. The average Bonchev–Trinajstić information content (AvgIpc) is 2.68. The summed E-state index contributed by atoms with van der Waals surface area (Å²) < 4.78 is 1.93. The van der Waals surface area contributed by atoms with Crippen molar-refractivity contribution in [1.29, 1.82) is 0 Å². The van der Waals surface area contributed by atoms with Crippen LogP contribution in [0.2, 0.25) is 0 Å². The highest BCUT2D eigenvalue weighted by atomic mass is 32.2. The van der Waals surface area contributed by atoms with Gasteiger partial charge in [0, 0.05) is 13.0 Å². The minimum Gasteiger partial charge on any atom is -0.309 e. The Hall–Kier alpha value is -0.840. The highest BCUT2D eigenvalue weighted by Crippen LogP contribution is 2.26. The number of carbonyl (C=O) groups is 1. The average molecular weight is 253 g/mol. The number of nitrogens with zero attached hydrogens (tertiary/aromatic N) is 3. The number of ketones is 1. The maximum Gasteiger partial charge on any atom is 0.191 e. The summed E-state index contributed by atoms with van der Waals surface area (Å²) in [6.45, 7) is 1.92. The Morgan fingerprint density at radius 2 is 2.06 bits per heavy atom. The summed E-state index contributed by atoms with van der Waals surface area (Å²) in [5, 5.41) is 8.88. The fourth-order valence-corrected chi connectivity index (χ4v) is 3.12. The molecule has 4 nitrogen and oxygen atoms in total. The zero-order chi connectivity index (χ0) is 12.3. The predicted molar refractivity (Wildman–Crippen MR) is 68.0 cm³/mol. The molecule has 1 aromatic rings. The van der Waals surface area contributed by atoms with Gasteiger partial charge in [0.15, 0.2) is 5.16 Å². The molecule has 0 saturated heterocycles. The molecule has 17 heavy (non-hydrogen) atoms. The Labute approximate surface area is 106 Å². The summed E-state index contributed by atoms with van der Waals surface area (Å²) in [5.74, 6) is 2.11. The number of aryl methyl sites for hydroxylation is 1. The Balaban J connectivity index is 1.85. The number of aromatic nitrogens is 3. The summed E-state index contributed by atoms with van der Waals surface area (Å²) in [5.41, 5.74) is 0. The van der Waals surface area contributed by atoms with E-state index in [1.807, 2.05) is 18.5 Å². The molecule has 1 heterocycles. The molecule has 0 bridgehead atoms. The Morgan fingerprint density at radius 1 is 1.35 bits per heavy atom. The van der Waals surface area contributed by atoms with Gasteiger partial charge in [-0.3, -0.25) is 4.79 Å². The topological polar surface area (TPSA) is 47.8 Å². The molecule has 0 atom stereocenters. The van der Waals surface area contributed by atoms with Gasteiger partial charge in [0.05, 0.1) is 5.75 Å². The fourth-order valence-electron chi connectivity index (χ4n) is 2.19. The Kier molecular flexibility index (Phi) is 4.20. The lowest BCUT2D eigenvalue weighted by atomic mass is 9.87. The second kappa shape index (κ2) is 5.67. The standard InChI is InChI=1S/C12H19N3OS/c1-9-13-14-12(15(9)2)17-8-11(16)10-6-4-3-5-7-10/h10H,3-8H2,1-2H3. The van der Waals surface area contributed by atoms with Gasteiger partial charge in [-0.1, -0.05) is 31.0 Å². The lowest BCUT2D eigenvalue weighted by Crippen LogP contribution is -2.19. The van der Waals surface area contributed by atoms with E-state index in [1.54, 1.807) is 0 Å². The van der Waals surface area contributed by atoms with E-state index >= 15 is 0 Å². The summed E-state index contributed by atoms with van der Waals surface area (Å²) in [6.07, 6.45) is 5.88. The lowest BCUT2D eigenvalue weighted by molar-refractivity contribution is -0.121. The van der Waals surface area contributed by atoms with E-state index in [9.17, 15) is 4.79 Å². The molecule has 0 unspecified atom stereocenters. The van der Waals surface area contributed by atoms with Crippen LogP contribution in [0.1, 0.15) is 37.9 Å². The van der Waals surface area contributed by atoms with Crippen LogP contribution in [0.3, 0.4) is 0 Å². The number of thioether (sulfide) groups is 1.